The van der Waals surface area contributed by atoms with Crippen LogP contribution in [0.2, 0.25) is 0 Å². The van der Waals surface area contributed by atoms with Gasteiger partial charge in [0.25, 0.3) is 0 Å². The average molecular weight is 604 g/mol. The summed E-state index contributed by atoms with van der Waals surface area (Å²) < 4.78 is 5.78. The number of rotatable bonds is 3. The van der Waals surface area contributed by atoms with Crippen molar-refractivity contribution in [3.8, 4) is 17.1 Å². The molecule has 26 heavy (non-hydrogen) atoms. The number of alkyl halides is 1. The number of allylic oxidation sites excluding steroid dienone is 1. The molecule has 9 heteroatoms. The van der Waals surface area contributed by atoms with Gasteiger partial charge in [0, 0.05) is 0 Å². The summed E-state index contributed by atoms with van der Waals surface area (Å²) in [6.07, 6.45) is 0. The van der Waals surface area contributed by atoms with Crippen molar-refractivity contribution in [2.75, 3.05) is 5.88 Å². The van der Waals surface area contributed by atoms with Crippen LogP contribution in [0.5, 0.6) is 0 Å². The fraction of sp³-hybridized carbons (Fsp3) is 0.0588. The molecule has 2 aromatic carbocycles. The molecule has 0 amide bonds. The Labute approximate surface area is 180 Å². The normalized spacial score (nSPS) is 16.7. The molecule has 0 saturated carbocycles. The van der Waals surface area contributed by atoms with Gasteiger partial charge in [0.2, 0.25) is 0 Å². The van der Waals surface area contributed by atoms with E-state index in [4.69, 9.17) is 34.6 Å². The summed E-state index contributed by atoms with van der Waals surface area (Å²) in [4.78, 5) is 0. The number of para-hydroxylation sites is 1. The van der Waals surface area contributed by atoms with Gasteiger partial charge in [-0.05, 0) is 0 Å². The third-order valence-corrected chi connectivity index (χ3v) is 15.8. The van der Waals surface area contributed by atoms with Crippen LogP contribution in [0.1, 0.15) is 0 Å². The van der Waals surface area contributed by atoms with Crippen LogP contribution in [0.4, 0.5) is 0 Å². The fourth-order valence-corrected chi connectivity index (χ4v) is 14.7. The van der Waals surface area contributed by atoms with Gasteiger partial charge in [-0.25, -0.2) is 0 Å². The second-order valence-corrected chi connectivity index (χ2v) is 19.5. The summed E-state index contributed by atoms with van der Waals surface area (Å²) in [5.41, 5.74) is 1.98. The molecule has 2 heterocycles. The molecule has 0 bridgehead atoms. The summed E-state index contributed by atoms with van der Waals surface area (Å²) >= 11 is 7.54. The monoisotopic (exact) mass is 604 g/mol. The standard InChI is InChI=1S/C17H12BrCl3N3STe/c18-13-6-4-5-12(9-13)16-22-24-17(23(16)14-7-2-1-3-8-14)25-11-15(10-19)26(24,20)21/h1-9,11H,10H2/q+1. The van der Waals surface area contributed by atoms with Gasteiger partial charge in [-0.15, -0.1) is 0 Å². The number of benzene rings is 2. The van der Waals surface area contributed by atoms with E-state index >= 15 is 0 Å². The van der Waals surface area contributed by atoms with Crippen molar-refractivity contribution in [2.24, 2.45) is 0 Å². The Kier molecular flexibility index (Phi) is 5.65. The predicted molar refractivity (Wildman–Crippen MR) is 114 cm³/mol. The first-order chi connectivity index (χ1) is 12.5. The topological polar surface area (TPSA) is 21.7 Å². The predicted octanol–water partition coefficient (Wildman–Crippen LogP) is 5.62. The van der Waals surface area contributed by atoms with Crippen molar-refractivity contribution < 1.29 is 4.57 Å². The molecule has 0 fully saturated rings. The number of aromatic nitrogens is 3. The molecule has 0 spiro atoms. The van der Waals surface area contributed by atoms with Crippen molar-refractivity contribution in [3.63, 3.8) is 0 Å². The third-order valence-electron chi connectivity index (χ3n) is 3.81. The quantitative estimate of drug-likeness (QED) is 0.220. The average Bonchev–Trinajstić information content (AvgIpc) is 3.03. The molecule has 0 atom stereocenters. The van der Waals surface area contributed by atoms with Gasteiger partial charge < -0.3 is 0 Å². The Morgan fingerprint density at radius 1 is 1.12 bits per heavy atom. The third kappa shape index (κ3) is 3.35. The molecule has 1 aliphatic heterocycles. The van der Waals surface area contributed by atoms with Crippen molar-refractivity contribution >= 4 is 73.4 Å². The van der Waals surface area contributed by atoms with E-state index in [0.29, 0.717) is 5.88 Å². The summed E-state index contributed by atoms with van der Waals surface area (Å²) in [7, 11) is 13.7. The minimum atomic E-state index is -3.62. The number of fused-ring (bicyclic) bond motifs is 1. The molecule has 134 valence electrons. The zero-order chi connectivity index (χ0) is 18.3. The number of halogens is 4. The molecule has 1 aliphatic rings. The van der Waals surface area contributed by atoms with Crippen molar-refractivity contribution in [1.29, 1.82) is 0 Å². The molecule has 4 rings (SSSR count). The van der Waals surface area contributed by atoms with E-state index in [1.807, 2.05) is 62.9 Å². The maximum atomic E-state index is 6.83. The molecule has 1 aromatic heterocycles. The molecule has 0 unspecified atom stereocenters. The van der Waals surface area contributed by atoms with E-state index in [0.717, 1.165) is 30.3 Å². The van der Waals surface area contributed by atoms with Crippen LogP contribution in [-0.4, -0.2) is 30.1 Å². The van der Waals surface area contributed by atoms with Gasteiger partial charge in [-0.2, -0.15) is 0 Å². The van der Waals surface area contributed by atoms with Crippen molar-refractivity contribution in [2.45, 2.75) is 5.16 Å². The Bertz CT molecular complexity index is 1010. The van der Waals surface area contributed by atoms with Crippen LogP contribution < -0.4 is 4.57 Å². The zero-order valence-corrected chi connectivity index (χ0v) is 20.2. The molecule has 3 nitrogen and oxygen atoms in total. The summed E-state index contributed by atoms with van der Waals surface area (Å²) in [6.45, 7) is 0. The van der Waals surface area contributed by atoms with E-state index < -0.39 is 16.2 Å². The van der Waals surface area contributed by atoms with Crippen LogP contribution in [0.15, 0.2) is 73.3 Å². The molecule has 0 radical (unpaired) electrons. The van der Waals surface area contributed by atoms with E-state index in [-0.39, 0.29) is 0 Å². The Morgan fingerprint density at radius 3 is 2.58 bits per heavy atom. The number of thioether (sulfide) groups is 1. The number of hydrogen-bond donors (Lipinski definition) is 0. The van der Waals surface area contributed by atoms with Gasteiger partial charge in [-0.1, -0.05) is 0 Å². The molecule has 0 aliphatic carbocycles. The fourth-order valence-electron chi connectivity index (χ4n) is 2.61. The first kappa shape index (κ1) is 19.1. The van der Waals surface area contributed by atoms with E-state index in [1.54, 1.807) is 11.8 Å². The minimum absolute atomic E-state index is 0.317. The van der Waals surface area contributed by atoms with Crippen LogP contribution >= 0.6 is 57.2 Å². The Morgan fingerprint density at radius 2 is 1.88 bits per heavy atom. The SMILES string of the molecule is ClCC1=CSc2n(nc(-c3cccc(Br)c3)[n+]2-c2ccccc2)[Te]1(Cl)Cl. The molecule has 0 saturated heterocycles. The Balaban J connectivity index is 2.00. The molecule has 0 N–H and O–H groups in total. The molecular formula is C17H12BrCl3N3STe+. The first-order valence-corrected chi connectivity index (χ1v) is 17.9. The first-order valence-electron chi connectivity index (χ1n) is 7.53. The van der Waals surface area contributed by atoms with Crippen molar-refractivity contribution in [1.82, 2.24) is 8.03 Å². The number of nitrogens with zero attached hydrogens (tertiary/aromatic N) is 3. The molecular weight excluding hydrogens is 592 g/mol. The van der Waals surface area contributed by atoms with E-state index in [9.17, 15) is 0 Å². The van der Waals surface area contributed by atoms with Crippen LogP contribution in [0, 0.1) is 0 Å². The Hall–Kier alpha value is -0.190. The van der Waals surface area contributed by atoms with Crippen LogP contribution in [0.25, 0.3) is 17.1 Å². The second kappa shape index (κ2) is 7.67. The molecule has 3 aromatic rings. The van der Waals surface area contributed by atoms with E-state index in [2.05, 4.69) is 20.5 Å². The number of hydrogen-bond acceptors (Lipinski definition) is 2. The van der Waals surface area contributed by atoms with Gasteiger partial charge in [0.05, 0.1) is 0 Å². The summed E-state index contributed by atoms with van der Waals surface area (Å²) in [5, 5.41) is 7.72. The summed E-state index contributed by atoms with van der Waals surface area (Å²) in [6, 6.07) is 18.1. The van der Waals surface area contributed by atoms with Crippen molar-refractivity contribution in [3.05, 3.63) is 68.1 Å². The van der Waals surface area contributed by atoms with Gasteiger partial charge in [0.1, 0.15) is 0 Å². The van der Waals surface area contributed by atoms with Crippen LogP contribution in [0.3, 0.4) is 0 Å². The van der Waals surface area contributed by atoms with Gasteiger partial charge >= 0.3 is 182 Å². The zero-order valence-electron chi connectivity index (χ0n) is 13.2. The second-order valence-electron chi connectivity index (χ2n) is 5.44. The maximum absolute atomic E-state index is 6.83. The van der Waals surface area contributed by atoms with Crippen LogP contribution in [-0.2, 0) is 0 Å². The summed E-state index contributed by atoms with van der Waals surface area (Å²) in [5.74, 6) is 1.11. The van der Waals surface area contributed by atoms with Gasteiger partial charge in [-0.3, -0.25) is 0 Å². The van der Waals surface area contributed by atoms with Gasteiger partial charge in [0.15, 0.2) is 0 Å². The van der Waals surface area contributed by atoms with E-state index in [1.165, 1.54) is 0 Å².